The molecule has 2 amide bonds. The molecular weight excluding hydrogens is 190 g/mol. The van der Waals surface area contributed by atoms with Crippen molar-refractivity contribution in [1.82, 2.24) is 5.32 Å². The van der Waals surface area contributed by atoms with Gasteiger partial charge in [0.2, 0.25) is 0 Å². The minimum absolute atomic E-state index is 0.0278. The van der Waals surface area contributed by atoms with Gasteiger partial charge in [0.05, 0.1) is 26.4 Å². The van der Waals surface area contributed by atoms with Crippen LogP contribution in [0.5, 0.6) is 0 Å². The Bertz CT molecular complexity index is 194. The molecule has 0 unspecified atom stereocenters. The number of carbonyl (C=O) groups is 2. The fourth-order valence-corrected chi connectivity index (χ4v) is 0.587. The number of aliphatic hydroxyl groups is 2. The Hall–Kier alpha value is -1.24. The maximum absolute atomic E-state index is 10.0. The Balaban J connectivity index is 0.000000241. The summed E-state index contributed by atoms with van der Waals surface area (Å²) >= 11 is 0. The van der Waals surface area contributed by atoms with Crippen LogP contribution in [0.4, 0.5) is 0 Å². The molecule has 0 aromatic rings. The highest BCUT2D eigenvalue weighted by atomic mass is 16.5. The van der Waals surface area contributed by atoms with Crippen molar-refractivity contribution >= 4 is 11.8 Å². The molecule has 1 rings (SSSR count). The van der Waals surface area contributed by atoms with Crippen LogP contribution in [0.15, 0.2) is 12.2 Å². The van der Waals surface area contributed by atoms with E-state index in [1.54, 1.807) is 0 Å². The lowest BCUT2D eigenvalue weighted by atomic mass is 10.6. The van der Waals surface area contributed by atoms with Gasteiger partial charge in [-0.2, -0.15) is 0 Å². The first-order chi connectivity index (χ1) is 6.70. The summed E-state index contributed by atoms with van der Waals surface area (Å²) in [5.74, 6) is -0.657. The molecule has 3 N–H and O–H groups in total. The van der Waals surface area contributed by atoms with Crippen molar-refractivity contribution in [3.05, 3.63) is 12.2 Å². The molecule has 0 spiro atoms. The van der Waals surface area contributed by atoms with E-state index in [-0.39, 0.29) is 25.0 Å². The summed E-state index contributed by atoms with van der Waals surface area (Å²) in [6.45, 7) is 0.696. The number of amides is 2. The maximum atomic E-state index is 10.0. The van der Waals surface area contributed by atoms with Crippen LogP contribution >= 0.6 is 0 Å². The zero-order valence-electron chi connectivity index (χ0n) is 7.60. The molecule has 0 bridgehead atoms. The van der Waals surface area contributed by atoms with Crippen LogP contribution in [0, 0.1) is 0 Å². The Morgan fingerprint density at radius 2 is 1.50 bits per heavy atom. The van der Waals surface area contributed by atoms with Crippen LogP contribution in [-0.2, 0) is 14.3 Å². The summed E-state index contributed by atoms with van der Waals surface area (Å²) in [6.07, 6.45) is 2.39. The minimum atomic E-state index is -0.329. The summed E-state index contributed by atoms with van der Waals surface area (Å²) in [7, 11) is 0. The van der Waals surface area contributed by atoms with Crippen molar-refractivity contribution in [2.45, 2.75) is 0 Å². The van der Waals surface area contributed by atoms with Crippen LogP contribution in [-0.4, -0.2) is 48.5 Å². The predicted molar refractivity (Wildman–Crippen MR) is 47.3 cm³/mol. The lowest BCUT2D eigenvalue weighted by Crippen LogP contribution is -2.19. The zero-order chi connectivity index (χ0) is 10.8. The maximum Gasteiger partial charge on any atom is 0.250 e. The molecule has 80 valence electrons. The largest absolute Gasteiger partial charge is 0.394 e. The van der Waals surface area contributed by atoms with E-state index in [1.807, 2.05) is 5.32 Å². The Labute approximate surface area is 81.2 Å². The highest BCUT2D eigenvalue weighted by molar-refractivity contribution is 6.12. The second-order valence-corrected chi connectivity index (χ2v) is 2.25. The van der Waals surface area contributed by atoms with Crippen molar-refractivity contribution in [3.8, 4) is 0 Å². The number of ether oxygens (including phenoxy) is 1. The highest BCUT2D eigenvalue weighted by Gasteiger charge is 2.06. The molecule has 1 aliphatic rings. The van der Waals surface area contributed by atoms with Gasteiger partial charge in [0.25, 0.3) is 11.8 Å². The smallest absolute Gasteiger partial charge is 0.250 e. The van der Waals surface area contributed by atoms with Crippen LogP contribution < -0.4 is 5.32 Å². The first-order valence-electron chi connectivity index (χ1n) is 4.03. The van der Waals surface area contributed by atoms with E-state index < -0.39 is 0 Å². The Morgan fingerprint density at radius 3 is 1.71 bits per heavy atom. The molecular formula is C8H13NO5. The second-order valence-electron chi connectivity index (χ2n) is 2.25. The molecule has 14 heavy (non-hydrogen) atoms. The lowest BCUT2D eigenvalue weighted by Gasteiger charge is -1.94. The van der Waals surface area contributed by atoms with E-state index in [0.717, 1.165) is 0 Å². The van der Waals surface area contributed by atoms with E-state index in [4.69, 9.17) is 10.2 Å². The number of carbonyl (C=O) groups excluding carboxylic acids is 2. The van der Waals surface area contributed by atoms with E-state index in [2.05, 4.69) is 4.74 Å². The van der Waals surface area contributed by atoms with E-state index in [0.29, 0.717) is 13.2 Å². The average Bonchev–Trinajstić information content (AvgIpc) is 2.52. The fourth-order valence-electron chi connectivity index (χ4n) is 0.587. The summed E-state index contributed by atoms with van der Waals surface area (Å²) in [5, 5.41) is 18.2. The predicted octanol–water partition coefficient (Wildman–Crippen LogP) is -1.81. The summed E-state index contributed by atoms with van der Waals surface area (Å²) < 4.78 is 4.63. The number of hydrogen-bond donors (Lipinski definition) is 3. The number of hydrogen-bond acceptors (Lipinski definition) is 5. The monoisotopic (exact) mass is 203 g/mol. The van der Waals surface area contributed by atoms with Crippen LogP contribution in [0.3, 0.4) is 0 Å². The Kier molecular flexibility index (Phi) is 7.62. The van der Waals surface area contributed by atoms with Crippen LogP contribution in [0.25, 0.3) is 0 Å². The number of imide groups is 1. The summed E-state index contributed by atoms with van der Waals surface area (Å²) in [5.41, 5.74) is 0. The third-order valence-corrected chi connectivity index (χ3v) is 1.10. The van der Waals surface area contributed by atoms with Gasteiger partial charge < -0.3 is 14.9 Å². The third-order valence-electron chi connectivity index (χ3n) is 1.10. The molecule has 1 heterocycles. The van der Waals surface area contributed by atoms with Gasteiger partial charge in [0.15, 0.2) is 0 Å². The molecule has 0 saturated heterocycles. The van der Waals surface area contributed by atoms with Crippen molar-refractivity contribution < 1.29 is 24.5 Å². The normalized spacial score (nSPS) is 13.6. The highest BCUT2D eigenvalue weighted by Crippen LogP contribution is 1.82. The SMILES string of the molecule is O=C1C=CC(=O)N1.OCCOCCO. The van der Waals surface area contributed by atoms with Crippen molar-refractivity contribution in [2.24, 2.45) is 0 Å². The van der Waals surface area contributed by atoms with Gasteiger partial charge in [-0.25, -0.2) is 0 Å². The average molecular weight is 203 g/mol. The van der Waals surface area contributed by atoms with Crippen molar-refractivity contribution in [1.29, 1.82) is 0 Å². The molecule has 0 aromatic carbocycles. The van der Waals surface area contributed by atoms with E-state index >= 15 is 0 Å². The van der Waals surface area contributed by atoms with Gasteiger partial charge in [0.1, 0.15) is 0 Å². The standard InChI is InChI=1S/C4H3NO2.C4H10O3/c6-3-1-2-4(7)5-3;5-1-3-7-4-2-6/h1-2H,(H,5,6,7);5-6H,1-4H2. The third kappa shape index (κ3) is 7.41. The molecule has 1 aliphatic heterocycles. The van der Waals surface area contributed by atoms with Crippen molar-refractivity contribution in [2.75, 3.05) is 26.4 Å². The lowest BCUT2D eigenvalue weighted by molar-refractivity contribution is -0.123. The van der Waals surface area contributed by atoms with Gasteiger partial charge in [-0.15, -0.1) is 0 Å². The topological polar surface area (TPSA) is 95.9 Å². The van der Waals surface area contributed by atoms with Crippen molar-refractivity contribution in [3.63, 3.8) is 0 Å². The molecule has 0 aromatic heterocycles. The molecule has 6 heteroatoms. The van der Waals surface area contributed by atoms with Gasteiger partial charge >= 0.3 is 0 Å². The zero-order valence-corrected chi connectivity index (χ0v) is 7.60. The van der Waals surface area contributed by atoms with Crippen LogP contribution in [0.1, 0.15) is 0 Å². The minimum Gasteiger partial charge on any atom is -0.394 e. The molecule has 0 saturated carbocycles. The molecule has 0 radical (unpaired) electrons. The first kappa shape index (κ1) is 12.8. The summed E-state index contributed by atoms with van der Waals surface area (Å²) in [4.78, 5) is 20.1. The second kappa shape index (κ2) is 8.36. The van der Waals surface area contributed by atoms with Gasteiger partial charge in [-0.1, -0.05) is 0 Å². The quantitative estimate of drug-likeness (QED) is 0.369. The number of aliphatic hydroxyl groups excluding tert-OH is 2. The number of rotatable bonds is 4. The molecule has 0 fully saturated rings. The molecule has 0 aliphatic carbocycles. The molecule has 0 atom stereocenters. The van der Waals surface area contributed by atoms with Gasteiger partial charge in [-0.3, -0.25) is 14.9 Å². The van der Waals surface area contributed by atoms with E-state index in [9.17, 15) is 9.59 Å². The first-order valence-corrected chi connectivity index (χ1v) is 4.03. The van der Waals surface area contributed by atoms with Gasteiger partial charge in [0, 0.05) is 12.2 Å². The van der Waals surface area contributed by atoms with Gasteiger partial charge in [-0.05, 0) is 0 Å². The Morgan fingerprint density at radius 1 is 1.07 bits per heavy atom. The number of nitrogens with one attached hydrogen (secondary N) is 1. The fraction of sp³-hybridized carbons (Fsp3) is 0.500. The summed E-state index contributed by atoms with van der Waals surface area (Å²) in [6, 6.07) is 0. The van der Waals surface area contributed by atoms with E-state index in [1.165, 1.54) is 12.2 Å². The van der Waals surface area contributed by atoms with Crippen LogP contribution in [0.2, 0.25) is 0 Å². The molecule has 6 nitrogen and oxygen atoms in total.